The van der Waals surface area contributed by atoms with Crippen LogP contribution < -0.4 is 0 Å². The summed E-state index contributed by atoms with van der Waals surface area (Å²) in [5, 5.41) is 10.9. The number of nitrogens with zero attached hydrogens (tertiary/aromatic N) is 2. The van der Waals surface area contributed by atoms with Crippen LogP contribution in [0.1, 0.15) is 19.4 Å². The van der Waals surface area contributed by atoms with Gasteiger partial charge in [-0.15, -0.1) is 0 Å². The maximum Gasteiger partial charge on any atom is 0.283 e. The van der Waals surface area contributed by atoms with E-state index < -0.39 is 0 Å². The highest BCUT2D eigenvalue weighted by Gasteiger charge is 2.24. The molecule has 2 atom stereocenters. The van der Waals surface area contributed by atoms with E-state index in [0.29, 0.717) is 23.7 Å². The van der Waals surface area contributed by atoms with E-state index >= 15 is 0 Å². The summed E-state index contributed by atoms with van der Waals surface area (Å²) in [4.78, 5) is 12.9. The van der Waals surface area contributed by atoms with Crippen molar-refractivity contribution in [3.63, 3.8) is 0 Å². The number of hydrogen-bond donors (Lipinski definition) is 0. The Hall–Kier alpha value is -0.980. The number of ether oxygens (including phenoxy) is 1. The van der Waals surface area contributed by atoms with Gasteiger partial charge in [-0.2, -0.15) is 0 Å². The van der Waals surface area contributed by atoms with Gasteiger partial charge in [-0.05, 0) is 41.4 Å². The van der Waals surface area contributed by atoms with Gasteiger partial charge in [0.1, 0.15) is 0 Å². The Morgan fingerprint density at radius 2 is 2.26 bits per heavy atom. The Labute approximate surface area is 120 Å². The number of rotatable bonds is 3. The second-order valence-corrected chi connectivity index (χ2v) is 5.82. The highest BCUT2D eigenvalue weighted by molar-refractivity contribution is 9.10. The van der Waals surface area contributed by atoms with E-state index in [1.54, 1.807) is 12.1 Å². The molecular formula is C13H17BrN2O3. The van der Waals surface area contributed by atoms with Crippen molar-refractivity contribution in [1.82, 2.24) is 4.90 Å². The first-order valence-corrected chi connectivity index (χ1v) is 7.05. The third-order valence-corrected chi connectivity index (χ3v) is 4.00. The summed E-state index contributed by atoms with van der Waals surface area (Å²) in [5.41, 5.74) is 1.07. The lowest BCUT2D eigenvalue weighted by Gasteiger charge is -2.36. The van der Waals surface area contributed by atoms with Crippen LogP contribution in [0.4, 0.5) is 5.69 Å². The summed E-state index contributed by atoms with van der Waals surface area (Å²) in [7, 11) is 0. The molecular weight excluding hydrogens is 312 g/mol. The second-order valence-electron chi connectivity index (χ2n) is 4.97. The smallest absolute Gasteiger partial charge is 0.283 e. The van der Waals surface area contributed by atoms with Crippen molar-refractivity contribution in [3.8, 4) is 0 Å². The first kappa shape index (κ1) is 14.4. The molecule has 0 bridgehead atoms. The zero-order valence-electron chi connectivity index (χ0n) is 11.0. The molecule has 0 radical (unpaired) electrons. The van der Waals surface area contributed by atoms with Gasteiger partial charge in [0, 0.05) is 25.2 Å². The summed E-state index contributed by atoms with van der Waals surface area (Å²) in [5.74, 6) is 0. The van der Waals surface area contributed by atoms with E-state index in [0.717, 1.165) is 12.1 Å². The molecule has 0 N–H and O–H groups in total. The largest absolute Gasteiger partial charge is 0.376 e. The van der Waals surface area contributed by atoms with Gasteiger partial charge in [0.25, 0.3) is 5.69 Å². The Kier molecular flexibility index (Phi) is 4.54. The molecule has 0 aromatic heterocycles. The predicted molar refractivity (Wildman–Crippen MR) is 76.1 cm³/mol. The molecule has 1 saturated heterocycles. The molecule has 1 aliphatic rings. The van der Waals surface area contributed by atoms with Crippen LogP contribution in [0.15, 0.2) is 22.7 Å². The van der Waals surface area contributed by atoms with Crippen molar-refractivity contribution in [3.05, 3.63) is 38.3 Å². The minimum Gasteiger partial charge on any atom is -0.376 e. The molecule has 1 heterocycles. The Balaban J connectivity index is 2.14. The molecule has 0 saturated carbocycles. The maximum absolute atomic E-state index is 10.9. The molecule has 1 fully saturated rings. The van der Waals surface area contributed by atoms with Crippen LogP contribution in [0.2, 0.25) is 0 Å². The number of nitro groups is 1. The zero-order chi connectivity index (χ0) is 14.0. The Morgan fingerprint density at radius 1 is 1.53 bits per heavy atom. The van der Waals surface area contributed by atoms with Gasteiger partial charge in [-0.1, -0.05) is 6.07 Å². The monoisotopic (exact) mass is 328 g/mol. The summed E-state index contributed by atoms with van der Waals surface area (Å²) >= 11 is 3.20. The van der Waals surface area contributed by atoms with Gasteiger partial charge in [0.15, 0.2) is 0 Å². The van der Waals surface area contributed by atoms with Crippen molar-refractivity contribution in [1.29, 1.82) is 0 Å². The molecule has 5 nitrogen and oxygen atoms in total. The average molecular weight is 329 g/mol. The van der Waals surface area contributed by atoms with Crippen molar-refractivity contribution in [2.45, 2.75) is 32.5 Å². The molecule has 19 heavy (non-hydrogen) atoms. The van der Waals surface area contributed by atoms with Gasteiger partial charge in [0.2, 0.25) is 0 Å². The number of nitro benzene ring substituents is 1. The number of morpholine rings is 1. The topological polar surface area (TPSA) is 55.6 Å². The number of halogens is 1. The maximum atomic E-state index is 10.9. The minimum absolute atomic E-state index is 0.117. The summed E-state index contributed by atoms with van der Waals surface area (Å²) in [6, 6.07) is 5.63. The lowest BCUT2D eigenvalue weighted by molar-refractivity contribution is -0.385. The molecule has 2 unspecified atom stereocenters. The fourth-order valence-electron chi connectivity index (χ4n) is 2.22. The van der Waals surface area contributed by atoms with Crippen LogP contribution in [-0.4, -0.2) is 35.1 Å². The SMILES string of the molecule is CC1CN(Cc2ccc(Br)c([N+](=O)[O-])c2)C(C)CO1. The first-order chi connectivity index (χ1) is 8.97. The summed E-state index contributed by atoms with van der Waals surface area (Å²) in [6.45, 7) is 6.43. The van der Waals surface area contributed by atoms with Gasteiger partial charge in [0.05, 0.1) is 22.1 Å². The lowest BCUT2D eigenvalue weighted by Crippen LogP contribution is -2.46. The van der Waals surface area contributed by atoms with Crippen LogP contribution in [0.5, 0.6) is 0 Å². The van der Waals surface area contributed by atoms with Crippen LogP contribution in [0, 0.1) is 10.1 Å². The summed E-state index contributed by atoms with van der Waals surface area (Å²) < 4.78 is 6.10. The summed E-state index contributed by atoms with van der Waals surface area (Å²) in [6.07, 6.45) is 0.210. The average Bonchev–Trinajstić information content (AvgIpc) is 2.36. The molecule has 1 aliphatic heterocycles. The molecule has 1 aromatic rings. The minimum atomic E-state index is -0.362. The van der Waals surface area contributed by atoms with Crippen molar-refractivity contribution in [2.24, 2.45) is 0 Å². The zero-order valence-corrected chi connectivity index (χ0v) is 12.6. The molecule has 2 rings (SSSR count). The fourth-order valence-corrected chi connectivity index (χ4v) is 2.61. The second kappa shape index (κ2) is 5.98. The van der Waals surface area contributed by atoms with Crippen molar-refractivity contribution in [2.75, 3.05) is 13.2 Å². The molecule has 0 aliphatic carbocycles. The van der Waals surface area contributed by atoms with E-state index in [4.69, 9.17) is 4.74 Å². The highest BCUT2D eigenvalue weighted by Crippen LogP contribution is 2.26. The quantitative estimate of drug-likeness (QED) is 0.632. The molecule has 6 heteroatoms. The van der Waals surface area contributed by atoms with Crippen LogP contribution in [0.3, 0.4) is 0 Å². The van der Waals surface area contributed by atoms with Gasteiger partial charge in [-0.3, -0.25) is 15.0 Å². The third kappa shape index (κ3) is 3.52. The standard InChI is InChI=1S/C13H17BrN2O3/c1-9-8-19-10(2)6-15(9)7-11-3-4-12(14)13(5-11)16(17)18/h3-5,9-10H,6-8H2,1-2H3. The molecule has 0 spiro atoms. The Bertz CT molecular complexity index is 481. The van der Waals surface area contributed by atoms with Crippen molar-refractivity contribution < 1.29 is 9.66 Å². The van der Waals surface area contributed by atoms with E-state index in [9.17, 15) is 10.1 Å². The molecule has 104 valence electrons. The highest BCUT2D eigenvalue weighted by atomic mass is 79.9. The van der Waals surface area contributed by atoms with Crippen LogP contribution in [-0.2, 0) is 11.3 Å². The lowest BCUT2D eigenvalue weighted by atomic mass is 10.1. The van der Waals surface area contributed by atoms with Gasteiger partial charge in [-0.25, -0.2) is 0 Å². The third-order valence-electron chi connectivity index (χ3n) is 3.33. The number of hydrogen-bond acceptors (Lipinski definition) is 4. The van der Waals surface area contributed by atoms with E-state index in [2.05, 4.69) is 27.8 Å². The predicted octanol–water partition coefficient (Wildman–Crippen LogP) is 2.97. The Morgan fingerprint density at radius 3 is 2.95 bits per heavy atom. The van der Waals surface area contributed by atoms with Gasteiger partial charge >= 0.3 is 0 Å². The van der Waals surface area contributed by atoms with Crippen LogP contribution in [0.25, 0.3) is 0 Å². The van der Waals surface area contributed by atoms with E-state index in [1.807, 2.05) is 13.0 Å². The molecule has 1 aromatic carbocycles. The van der Waals surface area contributed by atoms with E-state index in [-0.39, 0.29) is 16.7 Å². The van der Waals surface area contributed by atoms with Crippen LogP contribution >= 0.6 is 15.9 Å². The fraction of sp³-hybridized carbons (Fsp3) is 0.538. The number of benzene rings is 1. The van der Waals surface area contributed by atoms with Gasteiger partial charge < -0.3 is 4.74 Å². The first-order valence-electron chi connectivity index (χ1n) is 6.26. The van der Waals surface area contributed by atoms with E-state index in [1.165, 1.54) is 0 Å². The molecule has 0 amide bonds. The normalized spacial score (nSPS) is 24.4. The van der Waals surface area contributed by atoms with Crippen molar-refractivity contribution >= 4 is 21.6 Å².